The zero-order valence-electron chi connectivity index (χ0n) is 14.1. The van der Waals surface area contributed by atoms with Crippen molar-refractivity contribution < 1.29 is 4.74 Å². The van der Waals surface area contributed by atoms with Gasteiger partial charge < -0.3 is 10.1 Å². The molecule has 3 atom stereocenters. The molecule has 0 aromatic carbocycles. The van der Waals surface area contributed by atoms with E-state index in [1.54, 1.807) is 0 Å². The van der Waals surface area contributed by atoms with Crippen LogP contribution < -0.4 is 10.1 Å². The average Bonchev–Trinajstić information content (AvgIpc) is 2.41. The van der Waals surface area contributed by atoms with Crippen LogP contribution in [0.5, 0.6) is 5.88 Å². The molecule has 0 aliphatic heterocycles. The second kappa shape index (κ2) is 6.78. The van der Waals surface area contributed by atoms with Crippen molar-refractivity contribution >= 4 is 0 Å². The van der Waals surface area contributed by atoms with E-state index >= 15 is 0 Å². The molecule has 0 saturated heterocycles. The molecule has 1 heterocycles. The summed E-state index contributed by atoms with van der Waals surface area (Å²) < 4.78 is 6.04. The van der Waals surface area contributed by atoms with Gasteiger partial charge in [0.2, 0.25) is 5.88 Å². The van der Waals surface area contributed by atoms with E-state index in [9.17, 15) is 0 Å². The summed E-state index contributed by atoms with van der Waals surface area (Å²) in [4.78, 5) is 4.46. The Labute approximate surface area is 129 Å². The van der Waals surface area contributed by atoms with Crippen molar-refractivity contribution in [3.8, 4) is 5.88 Å². The Bertz CT molecular complexity index is 436. The van der Waals surface area contributed by atoms with Crippen molar-refractivity contribution in [1.29, 1.82) is 0 Å². The van der Waals surface area contributed by atoms with Crippen LogP contribution in [0.15, 0.2) is 18.3 Å². The quantitative estimate of drug-likeness (QED) is 0.903. The lowest BCUT2D eigenvalue weighted by molar-refractivity contribution is 0.0964. The molecule has 1 aromatic rings. The zero-order chi connectivity index (χ0) is 15.5. The lowest BCUT2D eigenvalue weighted by atomic mass is 9.80. The van der Waals surface area contributed by atoms with Crippen LogP contribution in [0.25, 0.3) is 0 Å². The summed E-state index contributed by atoms with van der Waals surface area (Å²) in [6.45, 7) is 12.0. The largest absolute Gasteiger partial charge is 0.474 e. The molecule has 2 rings (SSSR count). The number of hydrogen-bond donors (Lipinski definition) is 1. The van der Waals surface area contributed by atoms with Crippen LogP contribution >= 0.6 is 0 Å². The minimum Gasteiger partial charge on any atom is -0.474 e. The normalized spacial score (nSPS) is 26.6. The van der Waals surface area contributed by atoms with Crippen molar-refractivity contribution in [3.05, 3.63) is 23.9 Å². The third-order valence-corrected chi connectivity index (χ3v) is 4.46. The molecule has 0 radical (unpaired) electrons. The highest BCUT2D eigenvalue weighted by molar-refractivity contribution is 5.18. The maximum atomic E-state index is 6.04. The first-order chi connectivity index (χ1) is 9.83. The summed E-state index contributed by atoms with van der Waals surface area (Å²) in [6, 6.07) is 4.11. The minimum absolute atomic E-state index is 0.129. The Hall–Kier alpha value is -1.09. The summed E-state index contributed by atoms with van der Waals surface area (Å²) in [5.41, 5.74) is 1.33. The van der Waals surface area contributed by atoms with E-state index in [2.05, 4.69) is 51.0 Å². The number of nitrogens with one attached hydrogen (secondary N) is 1. The first kappa shape index (κ1) is 16.3. The molecule has 1 aliphatic carbocycles. The molecule has 1 N–H and O–H groups in total. The highest BCUT2D eigenvalue weighted by atomic mass is 16.5. The van der Waals surface area contributed by atoms with E-state index in [-0.39, 0.29) is 5.54 Å². The second-order valence-electron chi connectivity index (χ2n) is 7.62. The predicted octanol–water partition coefficient (Wildman–Crippen LogP) is 4.17. The number of aromatic nitrogens is 1. The first-order valence-corrected chi connectivity index (χ1v) is 8.20. The van der Waals surface area contributed by atoms with Gasteiger partial charge in [-0.25, -0.2) is 4.98 Å². The third kappa shape index (κ3) is 5.31. The molecule has 3 nitrogen and oxygen atoms in total. The van der Waals surface area contributed by atoms with Crippen LogP contribution in [-0.4, -0.2) is 16.6 Å². The third-order valence-electron chi connectivity index (χ3n) is 4.46. The van der Waals surface area contributed by atoms with Gasteiger partial charge in [0.05, 0.1) is 0 Å². The molecule has 0 amide bonds. The van der Waals surface area contributed by atoms with Crippen molar-refractivity contribution in [3.63, 3.8) is 0 Å². The van der Waals surface area contributed by atoms with Crippen LogP contribution in [0, 0.1) is 11.8 Å². The van der Waals surface area contributed by atoms with Gasteiger partial charge in [0.15, 0.2) is 0 Å². The molecular formula is C18H30N2O. The number of rotatable bonds is 4. The minimum atomic E-state index is 0.129. The Kier molecular flexibility index (Phi) is 5.26. The molecule has 1 fully saturated rings. The van der Waals surface area contributed by atoms with E-state index in [0.717, 1.165) is 37.1 Å². The molecule has 0 bridgehead atoms. The maximum Gasteiger partial charge on any atom is 0.213 e. The van der Waals surface area contributed by atoms with Gasteiger partial charge in [0, 0.05) is 24.3 Å². The van der Waals surface area contributed by atoms with Crippen molar-refractivity contribution in [1.82, 2.24) is 10.3 Å². The topological polar surface area (TPSA) is 34.1 Å². The Morgan fingerprint density at radius 1 is 1.19 bits per heavy atom. The van der Waals surface area contributed by atoms with Gasteiger partial charge in [-0.15, -0.1) is 0 Å². The van der Waals surface area contributed by atoms with Gasteiger partial charge in [-0.05, 0) is 57.4 Å². The van der Waals surface area contributed by atoms with Gasteiger partial charge >= 0.3 is 0 Å². The fourth-order valence-corrected chi connectivity index (χ4v) is 2.73. The molecule has 3 unspecified atom stereocenters. The number of nitrogens with zero attached hydrogens (tertiary/aromatic N) is 1. The molecular weight excluding hydrogens is 260 g/mol. The van der Waals surface area contributed by atoms with Crippen LogP contribution in [0.1, 0.15) is 59.4 Å². The monoisotopic (exact) mass is 290 g/mol. The summed E-state index contributed by atoms with van der Waals surface area (Å²) in [5, 5.41) is 3.47. The SMILES string of the molecule is CC1CCC(Oc2ccc(CNC(C)(C)C)cn2)CC1C. The number of hydrogen-bond acceptors (Lipinski definition) is 3. The Morgan fingerprint density at radius 3 is 2.52 bits per heavy atom. The lowest BCUT2D eigenvalue weighted by Crippen LogP contribution is -2.35. The molecule has 0 spiro atoms. The summed E-state index contributed by atoms with van der Waals surface area (Å²) in [7, 11) is 0. The van der Waals surface area contributed by atoms with Gasteiger partial charge in [-0.3, -0.25) is 0 Å². The van der Waals surface area contributed by atoms with Crippen molar-refractivity contribution in [2.24, 2.45) is 11.8 Å². The van der Waals surface area contributed by atoms with E-state index in [1.165, 1.54) is 12.0 Å². The molecule has 118 valence electrons. The van der Waals surface area contributed by atoms with Gasteiger partial charge in [0.25, 0.3) is 0 Å². The smallest absolute Gasteiger partial charge is 0.213 e. The Balaban J connectivity index is 1.85. The standard InChI is InChI=1S/C18H30N2O/c1-13-6-8-16(10-14(13)2)21-17-9-7-15(11-19-17)12-20-18(3,4)5/h7,9,11,13-14,16,20H,6,8,10,12H2,1-5H3. The fourth-order valence-electron chi connectivity index (χ4n) is 2.73. The highest BCUT2D eigenvalue weighted by Gasteiger charge is 2.25. The van der Waals surface area contributed by atoms with Gasteiger partial charge in [-0.2, -0.15) is 0 Å². The lowest BCUT2D eigenvalue weighted by Gasteiger charge is -2.31. The van der Waals surface area contributed by atoms with E-state index in [1.807, 2.05) is 12.3 Å². The zero-order valence-corrected chi connectivity index (χ0v) is 14.1. The average molecular weight is 290 g/mol. The van der Waals surface area contributed by atoms with Crippen molar-refractivity contribution in [2.45, 2.75) is 72.1 Å². The molecule has 1 aliphatic rings. The maximum absolute atomic E-state index is 6.04. The van der Waals surface area contributed by atoms with Crippen LogP contribution in [0.3, 0.4) is 0 Å². The van der Waals surface area contributed by atoms with Gasteiger partial charge in [-0.1, -0.05) is 19.9 Å². The van der Waals surface area contributed by atoms with Crippen LogP contribution in [0.2, 0.25) is 0 Å². The predicted molar refractivity (Wildman–Crippen MR) is 87.4 cm³/mol. The van der Waals surface area contributed by atoms with E-state index in [4.69, 9.17) is 4.74 Å². The molecule has 1 aromatic heterocycles. The fraction of sp³-hybridized carbons (Fsp3) is 0.722. The molecule has 1 saturated carbocycles. The van der Waals surface area contributed by atoms with Crippen molar-refractivity contribution in [2.75, 3.05) is 0 Å². The van der Waals surface area contributed by atoms with E-state index in [0.29, 0.717) is 6.10 Å². The van der Waals surface area contributed by atoms with Crippen LogP contribution in [0.4, 0.5) is 0 Å². The van der Waals surface area contributed by atoms with E-state index < -0.39 is 0 Å². The Morgan fingerprint density at radius 2 is 1.95 bits per heavy atom. The summed E-state index contributed by atoms with van der Waals surface area (Å²) >= 11 is 0. The highest BCUT2D eigenvalue weighted by Crippen LogP contribution is 2.31. The number of ether oxygens (including phenoxy) is 1. The second-order valence-corrected chi connectivity index (χ2v) is 7.62. The first-order valence-electron chi connectivity index (χ1n) is 8.20. The summed E-state index contributed by atoms with van der Waals surface area (Å²) in [6.07, 6.45) is 5.82. The van der Waals surface area contributed by atoms with Gasteiger partial charge in [0.1, 0.15) is 6.10 Å². The molecule has 3 heteroatoms. The number of pyridine rings is 1. The van der Waals surface area contributed by atoms with Crippen LogP contribution in [-0.2, 0) is 6.54 Å². The summed E-state index contributed by atoms with van der Waals surface area (Å²) in [5.74, 6) is 2.34. The molecule has 21 heavy (non-hydrogen) atoms.